The summed E-state index contributed by atoms with van der Waals surface area (Å²) in [5, 5.41) is 9.62. The maximum absolute atomic E-state index is 10.5. The average Bonchev–Trinajstić information content (AvgIpc) is 2.35. The summed E-state index contributed by atoms with van der Waals surface area (Å²) in [4.78, 5) is 14.7. The number of aromatic nitrogens is 1. The van der Waals surface area contributed by atoms with Crippen LogP contribution in [0.3, 0.4) is 0 Å². The summed E-state index contributed by atoms with van der Waals surface area (Å²) in [6, 6.07) is 9.46. The molecule has 1 N–H and O–H groups in total. The first-order valence-corrected chi connectivity index (χ1v) is 5.53. The van der Waals surface area contributed by atoms with Crippen molar-refractivity contribution in [3.63, 3.8) is 0 Å². The molecule has 4 nitrogen and oxygen atoms in total. The SMILES string of the molecule is C/C(=C/C(=O)O)COc1ccc2cccnc2c1. The van der Waals surface area contributed by atoms with E-state index in [2.05, 4.69) is 4.98 Å². The van der Waals surface area contributed by atoms with Gasteiger partial charge in [0.15, 0.2) is 0 Å². The minimum absolute atomic E-state index is 0.255. The Kier molecular flexibility index (Phi) is 3.57. The molecular weight excluding hydrogens is 230 g/mol. The van der Waals surface area contributed by atoms with Gasteiger partial charge in [-0.1, -0.05) is 6.07 Å². The van der Waals surface area contributed by atoms with E-state index in [-0.39, 0.29) is 6.61 Å². The van der Waals surface area contributed by atoms with Gasteiger partial charge >= 0.3 is 5.97 Å². The number of carboxylic acid groups (broad SMARTS) is 1. The van der Waals surface area contributed by atoms with Crippen LogP contribution in [-0.2, 0) is 4.79 Å². The number of rotatable bonds is 4. The Hall–Kier alpha value is -2.36. The number of hydrogen-bond acceptors (Lipinski definition) is 3. The van der Waals surface area contributed by atoms with Gasteiger partial charge in [-0.05, 0) is 30.7 Å². The molecule has 1 aromatic carbocycles. The van der Waals surface area contributed by atoms with Gasteiger partial charge in [0.05, 0.1) is 5.52 Å². The van der Waals surface area contributed by atoms with E-state index in [9.17, 15) is 4.79 Å². The number of carboxylic acids is 1. The second kappa shape index (κ2) is 5.31. The zero-order valence-corrected chi connectivity index (χ0v) is 9.96. The topological polar surface area (TPSA) is 59.4 Å². The van der Waals surface area contributed by atoms with Crippen molar-refractivity contribution in [1.29, 1.82) is 0 Å². The van der Waals surface area contributed by atoms with E-state index >= 15 is 0 Å². The van der Waals surface area contributed by atoms with E-state index < -0.39 is 5.97 Å². The Morgan fingerprint density at radius 1 is 1.44 bits per heavy atom. The quantitative estimate of drug-likeness (QED) is 0.838. The Morgan fingerprint density at radius 3 is 3.06 bits per heavy atom. The molecular formula is C14H13NO3. The van der Waals surface area contributed by atoms with Gasteiger partial charge in [-0.2, -0.15) is 0 Å². The monoisotopic (exact) mass is 243 g/mol. The number of nitrogens with zero attached hydrogens (tertiary/aromatic N) is 1. The summed E-state index contributed by atoms with van der Waals surface area (Å²) in [6.07, 6.45) is 2.86. The van der Waals surface area contributed by atoms with Crippen molar-refractivity contribution in [3.8, 4) is 5.75 Å². The van der Waals surface area contributed by atoms with E-state index in [0.29, 0.717) is 11.3 Å². The molecule has 0 saturated carbocycles. The van der Waals surface area contributed by atoms with Crippen LogP contribution in [0.1, 0.15) is 6.92 Å². The summed E-state index contributed by atoms with van der Waals surface area (Å²) in [6.45, 7) is 1.97. The fourth-order valence-corrected chi connectivity index (χ4v) is 1.59. The standard InChI is InChI=1S/C14H13NO3/c1-10(7-14(16)17)9-18-12-5-4-11-3-2-6-15-13(11)8-12/h2-8H,9H2,1H3,(H,16,17)/b10-7-. The van der Waals surface area contributed by atoms with Gasteiger partial charge in [0.2, 0.25) is 0 Å². The van der Waals surface area contributed by atoms with Crippen LogP contribution in [0.4, 0.5) is 0 Å². The van der Waals surface area contributed by atoms with Crippen molar-refractivity contribution < 1.29 is 14.6 Å². The number of fused-ring (bicyclic) bond motifs is 1. The van der Waals surface area contributed by atoms with E-state index in [1.54, 1.807) is 13.1 Å². The lowest BCUT2D eigenvalue weighted by Gasteiger charge is -2.06. The maximum atomic E-state index is 10.5. The molecule has 0 fully saturated rings. The van der Waals surface area contributed by atoms with Crippen molar-refractivity contribution in [2.75, 3.05) is 6.61 Å². The van der Waals surface area contributed by atoms with Gasteiger partial charge in [0, 0.05) is 23.7 Å². The molecule has 1 aromatic heterocycles. The molecule has 18 heavy (non-hydrogen) atoms. The van der Waals surface area contributed by atoms with Crippen LogP contribution in [0.15, 0.2) is 48.2 Å². The second-order valence-electron chi connectivity index (χ2n) is 3.98. The van der Waals surface area contributed by atoms with Crippen LogP contribution in [0.5, 0.6) is 5.75 Å². The highest BCUT2D eigenvalue weighted by Gasteiger charge is 1.99. The van der Waals surface area contributed by atoms with Crippen molar-refractivity contribution in [2.45, 2.75) is 6.92 Å². The lowest BCUT2D eigenvalue weighted by molar-refractivity contribution is -0.131. The molecule has 0 saturated heterocycles. The fourth-order valence-electron chi connectivity index (χ4n) is 1.59. The Bertz CT molecular complexity index is 605. The van der Waals surface area contributed by atoms with Crippen LogP contribution in [0.25, 0.3) is 10.9 Å². The largest absolute Gasteiger partial charge is 0.489 e. The third-order valence-corrected chi connectivity index (χ3v) is 2.41. The van der Waals surface area contributed by atoms with Crippen molar-refractivity contribution >= 4 is 16.9 Å². The smallest absolute Gasteiger partial charge is 0.328 e. The molecule has 0 aliphatic heterocycles. The van der Waals surface area contributed by atoms with Gasteiger partial charge < -0.3 is 9.84 Å². The van der Waals surface area contributed by atoms with Crippen LogP contribution in [0, 0.1) is 0 Å². The van der Waals surface area contributed by atoms with E-state index in [1.165, 1.54) is 0 Å². The van der Waals surface area contributed by atoms with Gasteiger partial charge in [0.1, 0.15) is 12.4 Å². The first kappa shape index (κ1) is 12.1. The first-order valence-electron chi connectivity index (χ1n) is 5.53. The highest BCUT2D eigenvalue weighted by atomic mass is 16.5. The summed E-state index contributed by atoms with van der Waals surface area (Å²) >= 11 is 0. The predicted molar refractivity (Wildman–Crippen MR) is 68.6 cm³/mol. The third-order valence-electron chi connectivity index (χ3n) is 2.41. The normalized spacial score (nSPS) is 11.5. The summed E-state index contributed by atoms with van der Waals surface area (Å²) < 4.78 is 5.51. The van der Waals surface area contributed by atoms with Crippen LogP contribution in [-0.4, -0.2) is 22.7 Å². The summed E-state index contributed by atoms with van der Waals surface area (Å²) in [5.74, 6) is -0.282. The third kappa shape index (κ3) is 3.07. The average molecular weight is 243 g/mol. The Labute approximate surface area is 105 Å². The van der Waals surface area contributed by atoms with Crippen molar-refractivity contribution in [3.05, 3.63) is 48.2 Å². The molecule has 0 radical (unpaired) electrons. The number of pyridine rings is 1. The van der Waals surface area contributed by atoms with Crippen LogP contribution < -0.4 is 4.74 Å². The Balaban J connectivity index is 2.10. The highest BCUT2D eigenvalue weighted by Crippen LogP contribution is 2.19. The zero-order chi connectivity index (χ0) is 13.0. The lowest BCUT2D eigenvalue weighted by atomic mass is 10.2. The number of ether oxygens (including phenoxy) is 1. The van der Waals surface area contributed by atoms with Crippen molar-refractivity contribution in [1.82, 2.24) is 4.98 Å². The van der Waals surface area contributed by atoms with E-state index in [1.807, 2.05) is 30.3 Å². The molecule has 1 heterocycles. The molecule has 0 amide bonds. The molecule has 2 aromatic rings. The molecule has 0 aliphatic rings. The van der Waals surface area contributed by atoms with Crippen LogP contribution >= 0.6 is 0 Å². The number of aliphatic carboxylic acids is 1. The second-order valence-corrected chi connectivity index (χ2v) is 3.98. The zero-order valence-electron chi connectivity index (χ0n) is 9.96. The number of benzene rings is 1. The fraction of sp³-hybridized carbons (Fsp3) is 0.143. The van der Waals surface area contributed by atoms with Gasteiger partial charge in [-0.25, -0.2) is 4.79 Å². The molecule has 0 aliphatic carbocycles. The molecule has 0 unspecified atom stereocenters. The number of hydrogen-bond donors (Lipinski definition) is 1. The maximum Gasteiger partial charge on any atom is 0.328 e. The number of carbonyl (C=O) groups is 1. The van der Waals surface area contributed by atoms with Gasteiger partial charge in [-0.15, -0.1) is 0 Å². The van der Waals surface area contributed by atoms with Gasteiger partial charge in [-0.3, -0.25) is 4.98 Å². The van der Waals surface area contributed by atoms with Crippen molar-refractivity contribution in [2.24, 2.45) is 0 Å². The first-order chi connectivity index (χ1) is 8.65. The highest BCUT2D eigenvalue weighted by molar-refractivity contribution is 5.81. The molecule has 0 spiro atoms. The minimum atomic E-state index is -0.962. The lowest BCUT2D eigenvalue weighted by Crippen LogP contribution is -2.01. The molecule has 2 rings (SSSR count). The molecule has 92 valence electrons. The summed E-state index contributed by atoms with van der Waals surface area (Å²) in [5.41, 5.74) is 1.51. The molecule has 4 heteroatoms. The van der Waals surface area contributed by atoms with Crippen LogP contribution in [0.2, 0.25) is 0 Å². The van der Waals surface area contributed by atoms with E-state index in [4.69, 9.17) is 9.84 Å². The predicted octanol–water partition coefficient (Wildman–Crippen LogP) is 2.64. The molecule has 0 atom stereocenters. The van der Waals surface area contributed by atoms with Gasteiger partial charge in [0.25, 0.3) is 0 Å². The Morgan fingerprint density at radius 2 is 2.28 bits per heavy atom. The molecule has 0 bridgehead atoms. The summed E-state index contributed by atoms with van der Waals surface area (Å²) in [7, 11) is 0. The minimum Gasteiger partial charge on any atom is -0.489 e. The van der Waals surface area contributed by atoms with E-state index in [0.717, 1.165) is 17.0 Å².